The van der Waals surface area contributed by atoms with Gasteiger partial charge < -0.3 is 10.3 Å². The van der Waals surface area contributed by atoms with E-state index < -0.39 is 5.91 Å². The zero-order valence-electron chi connectivity index (χ0n) is 19.2. The maximum Gasteiger partial charge on any atom is 0.248 e. The summed E-state index contributed by atoms with van der Waals surface area (Å²) in [7, 11) is 3.72. The lowest BCUT2D eigenvalue weighted by atomic mass is 10.1. The molecule has 0 saturated carbocycles. The van der Waals surface area contributed by atoms with Crippen molar-refractivity contribution < 1.29 is 9.59 Å². The Morgan fingerprint density at radius 2 is 2.06 bits per heavy atom. The largest absolute Gasteiger partial charge is 0.366 e. The number of aldehydes is 1. The highest BCUT2D eigenvalue weighted by Crippen LogP contribution is 2.30. The molecule has 0 aliphatic heterocycles. The molecule has 0 bridgehead atoms. The van der Waals surface area contributed by atoms with Gasteiger partial charge in [0.1, 0.15) is 5.01 Å². The Morgan fingerprint density at radius 1 is 1.26 bits per heavy atom. The predicted octanol–water partition coefficient (Wildman–Crippen LogP) is 3.48. The third kappa shape index (κ3) is 4.31. The molecule has 0 saturated heterocycles. The first-order valence-electron chi connectivity index (χ1n) is 10.9. The maximum atomic E-state index is 11.9. The maximum absolute atomic E-state index is 11.9. The van der Waals surface area contributed by atoms with Gasteiger partial charge in [-0.25, -0.2) is 4.98 Å². The first kappa shape index (κ1) is 22.5. The number of H-pyrrole nitrogens is 1. The number of nitrogens with two attached hydrogens (primary N) is 1. The second-order valence-electron chi connectivity index (χ2n) is 8.28. The second kappa shape index (κ2) is 9.15. The number of primary amides is 1. The molecule has 5 aromatic rings. The molecule has 0 spiro atoms. The van der Waals surface area contributed by atoms with Gasteiger partial charge in [-0.15, -0.1) is 11.3 Å². The summed E-state index contributed by atoms with van der Waals surface area (Å²) < 4.78 is 2.71. The standard InChI is InChI=1S/C25H23N7O2S/c1-31(13-17-4-3-5-20-18(17)11-27-30-20)28-12-19-21(14-33)32(2)25-23(19)35-22(29-25)10-15-6-8-16(9-7-15)24(26)34/h3-9,11-12,14H,10,13H2,1-2H3,(H2,26,34)(H,27,30)/b28-12-. The van der Waals surface area contributed by atoms with Crippen LogP contribution in [0.15, 0.2) is 53.8 Å². The van der Waals surface area contributed by atoms with E-state index >= 15 is 0 Å². The lowest BCUT2D eigenvalue weighted by Crippen LogP contribution is -2.11. The van der Waals surface area contributed by atoms with Gasteiger partial charge in [0.05, 0.1) is 34.9 Å². The number of hydrazone groups is 1. The smallest absolute Gasteiger partial charge is 0.248 e. The number of hydrogen-bond donors (Lipinski definition) is 2. The van der Waals surface area contributed by atoms with Crippen molar-refractivity contribution in [2.24, 2.45) is 17.9 Å². The minimum Gasteiger partial charge on any atom is -0.366 e. The molecule has 3 heterocycles. The molecule has 0 aliphatic carbocycles. The molecular formula is C25H23N7O2S. The molecule has 2 aromatic carbocycles. The number of fused-ring (bicyclic) bond motifs is 2. The first-order chi connectivity index (χ1) is 16.9. The van der Waals surface area contributed by atoms with Crippen molar-refractivity contribution in [1.82, 2.24) is 24.8 Å². The Hall–Kier alpha value is -4.31. The molecule has 1 amide bonds. The van der Waals surface area contributed by atoms with Gasteiger partial charge in [-0.1, -0.05) is 24.3 Å². The molecule has 3 aromatic heterocycles. The van der Waals surface area contributed by atoms with E-state index in [1.54, 1.807) is 22.9 Å². The summed E-state index contributed by atoms with van der Waals surface area (Å²) in [5, 5.41) is 15.5. The van der Waals surface area contributed by atoms with Crippen LogP contribution >= 0.6 is 11.3 Å². The molecule has 35 heavy (non-hydrogen) atoms. The van der Waals surface area contributed by atoms with Gasteiger partial charge >= 0.3 is 0 Å². The fourth-order valence-electron chi connectivity index (χ4n) is 4.08. The molecule has 10 heteroatoms. The summed E-state index contributed by atoms with van der Waals surface area (Å²) in [5.41, 5.74) is 10.9. The fraction of sp³-hybridized carbons (Fsp3) is 0.160. The van der Waals surface area contributed by atoms with Crippen molar-refractivity contribution in [1.29, 1.82) is 0 Å². The van der Waals surface area contributed by atoms with Crippen molar-refractivity contribution in [2.45, 2.75) is 13.0 Å². The van der Waals surface area contributed by atoms with E-state index in [1.807, 2.05) is 55.6 Å². The lowest BCUT2D eigenvalue weighted by molar-refractivity contribution is 0.0999. The van der Waals surface area contributed by atoms with Gasteiger partial charge in [-0.3, -0.25) is 19.7 Å². The summed E-state index contributed by atoms with van der Waals surface area (Å²) in [6.45, 7) is 0.592. The van der Waals surface area contributed by atoms with Crippen molar-refractivity contribution in [3.63, 3.8) is 0 Å². The number of nitrogens with one attached hydrogen (secondary N) is 1. The third-order valence-electron chi connectivity index (χ3n) is 5.92. The average molecular weight is 486 g/mol. The van der Waals surface area contributed by atoms with Crippen LogP contribution in [0.5, 0.6) is 0 Å². The van der Waals surface area contributed by atoms with Gasteiger partial charge in [-0.2, -0.15) is 10.2 Å². The highest BCUT2D eigenvalue weighted by atomic mass is 32.1. The topological polar surface area (TPSA) is 122 Å². The van der Waals surface area contributed by atoms with Gasteiger partial charge in [0.25, 0.3) is 0 Å². The Balaban J connectivity index is 1.41. The van der Waals surface area contributed by atoms with E-state index in [4.69, 9.17) is 10.7 Å². The van der Waals surface area contributed by atoms with E-state index in [9.17, 15) is 9.59 Å². The molecule has 0 fully saturated rings. The van der Waals surface area contributed by atoms with E-state index in [0.717, 1.165) is 49.2 Å². The summed E-state index contributed by atoms with van der Waals surface area (Å²) >= 11 is 1.53. The number of benzene rings is 2. The first-order valence-corrected chi connectivity index (χ1v) is 11.7. The SMILES string of the molecule is CN(Cc1cccc2[nH]ncc12)/N=C\c1c(C=O)n(C)c2nc(Cc3ccc(C(N)=O)cc3)sc12. The van der Waals surface area contributed by atoms with Crippen LogP contribution in [0.1, 0.15) is 42.5 Å². The zero-order valence-corrected chi connectivity index (χ0v) is 20.0. The van der Waals surface area contributed by atoms with Crippen LogP contribution in [-0.2, 0) is 20.0 Å². The zero-order chi connectivity index (χ0) is 24.5. The normalized spacial score (nSPS) is 11.6. The quantitative estimate of drug-likeness (QED) is 0.198. The molecule has 0 radical (unpaired) electrons. The molecule has 0 unspecified atom stereocenters. The summed E-state index contributed by atoms with van der Waals surface area (Å²) in [5.74, 6) is -0.451. The van der Waals surface area contributed by atoms with Crippen molar-refractivity contribution >= 4 is 51.0 Å². The number of carbonyl (C=O) groups excluding carboxylic acids is 2. The Kier molecular flexibility index (Phi) is 5.87. The minimum absolute atomic E-state index is 0.451. The number of nitrogens with zero attached hydrogens (tertiary/aromatic N) is 5. The fourth-order valence-corrected chi connectivity index (χ4v) is 5.23. The Labute approximate surface area is 204 Å². The average Bonchev–Trinajstić information content (AvgIpc) is 3.54. The molecule has 9 nitrogen and oxygen atoms in total. The van der Waals surface area contributed by atoms with Crippen molar-refractivity contribution in [3.05, 3.63) is 81.6 Å². The van der Waals surface area contributed by atoms with Crippen molar-refractivity contribution in [2.75, 3.05) is 7.05 Å². The van der Waals surface area contributed by atoms with Crippen LogP contribution in [0.3, 0.4) is 0 Å². The van der Waals surface area contributed by atoms with Crippen LogP contribution in [-0.4, -0.2) is 50.2 Å². The van der Waals surface area contributed by atoms with Crippen LogP contribution in [0.4, 0.5) is 0 Å². The molecule has 5 rings (SSSR count). The number of amides is 1. The monoisotopic (exact) mass is 485 g/mol. The van der Waals surface area contributed by atoms with Gasteiger partial charge in [-0.05, 0) is 29.3 Å². The highest BCUT2D eigenvalue weighted by Gasteiger charge is 2.18. The van der Waals surface area contributed by atoms with Crippen LogP contribution in [0.2, 0.25) is 0 Å². The van der Waals surface area contributed by atoms with Gasteiger partial charge in [0, 0.05) is 37.0 Å². The van der Waals surface area contributed by atoms with E-state index in [1.165, 1.54) is 11.3 Å². The summed E-state index contributed by atoms with van der Waals surface area (Å²) in [6.07, 6.45) is 4.99. The summed E-state index contributed by atoms with van der Waals surface area (Å²) in [6, 6.07) is 13.2. The number of aromatic nitrogens is 4. The highest BCUT2D eigenvalue weighted by molar-refractivity contribution is 7.19. The molecule has 176 valence electrons. The van der Waals surface area contributed by atoms with Crippen LogP contribution in [0, 0.1) is 0 Å². The van der Waals surface area contributed by atoms with E-state index in [0.29, 0.717) is 24.2 Å². The van der Waals surface area contributed by atoms with E-state index in [-0.39, 0.29) is 0 Å². The number of aryl methyl sites for hydroxylation is 1. The minimum atomic E-state index is -0.451. The second-order valence-corrected chi connectivity index (χ2v) is 9.37. The lowest BCUT2D eigenvalue weighted by Gasteiger charge is -2.13. The van der Waals surface area contributed by atoms with E-state index in [2.05, 4.69) is 15.3 Å². The number of aromatic amines is 1. The van der Waals surface area contributed by atoms with Crippen LogP contribution < -0.4 is 5.73 Å². The third-order valence-corrected chi connectivity index (χ3v) is 6.99. The molecule has 3 N–H and O–H groups in total. The summed E-state index contributed by atoms with van der Waals surface area (Å²) in [4.78, 5) is 27.9. The molecule has 0 atom stereocenters. The number of carbonyl (C=O) groups is 2. The number of thiazole rings is 1. The Bertz CT molecular complexity index is 1580. The van der Waals surface area contributed by atoms with Gasteiger partial charge in [0.15, 0.2) is 11.9 Å². The number of hydrogen-bond acceptors (Lipinski definition) is 7. The van der Waals surface area contributed by atoms with Crippen LogP contribution in [0.25, 0.3) is 21.3 Å². The predicted molar refractivity (Wildman–Crippen MR) is 137 cm³/mol. The van der Waals surface area contributed by atoms with Crippen molar-refractivity contribution in [3.8, 4) is 0 Å². The van der Waals surface area contributed by atoms with Gasteiger partial charge in [0.2, 0.25) is 5.91 Å². The molecule has 0 aliphatic rings. The number of rotatable bonds is 8. The Morgan fingerprint density at radius 3 is 2.80 bits per heavy atom. The molecular weight excluding hydrogens is 462 g/mol.